The number of aromatic hydroxyl groups is 1. The topological polar surface area (TPSA) is 407 Å². The van der Waals surface area contributed by atoms with E-state index < -0.39 is 179 Å². The highest BCUT2D eigenvalue weighted by Gasteiger charge is 2.56. The SMILES string of the molecule is CC(=O)OC[C@H]1O[C@H](OC(=N)C(Cl)(Cl)Cl)[C@H](OC(C)=O)[C@@H](OC(C)=O)[C@H]1C.CC(C)(C)OC(=O)N1C[C@@H](CCl)c2c1cc(O)c1ccccc21.CC[C@H]1O[C@@H](Oc2cc3c(c4ccccc24)[C@H](CCl)CN3)[C@H](OC(C)=O)[C@H](OC(C)=O)[C@H]1OC(C)=O.CC[C@H]1O[C@@H](Oc2cc3c(c4ccccc24)[C@H](CCl)CN3C(=O)OC(C)(C)C)[C@H](OC(C)=O)[C@H](OC(C)=O)[C@H]1OC(C)=O.Cl. The van der Waals surface area contributed by atoms with Crippen LogP contribution in [0.2, 0.25) is 0 Å². The van der Waals surface area contributed by atoms with Gasteiger partial charge in [0.05, 0.1) is 11.4 Å². The number of nitrogens with zero attached hydrogens (tertiary/aromatic N) is 2. The van der Waals surface area contributed by atoms with E-state index in [9.17, 15) is 57.8 Å². The monoisotopic (exact) mass is 1950 g/mol. The number of rotatable bonds is 20. The van der Waals surface area contributed by atoms with Gasteiger partial charge in [-0.1, -0.05) is 128 Å². The van der Waals surface area contributed by atoms with Crippen LogP contribution >= 0.6 is 82.0 Å². The Morgan fingerprint density at radius 2 is 0.777 bits per heavy atom. The van der Waals surface area contributed by atoms with Gasteiger partial charge in [-0.25, -0.2) is 9.59 Å². The molecule has 0 aromatic heterocycles. The van der Waals surface area contributed by atoms with Crippen LogP contribution in [0.3, 0.4) is 0 Å². The third-order valence-corrected chi connectivity index (χ3v) is 22.5. The van der Waals surface area contributed by atoms with Crippen molar-refractivity contribution in [2.75, 3.05) is 59.0 Å². The van der Waals surface area contributed by atoms with Crippen molar-refractivity contribution >= 4 is 203 Å². The van der Waals surface area contributed by atoms with Gasteiger partial charge in [-0.15, -0.1) is 47.2 Å². The number of hydrogen-bond acceptors (Lipinski definition) is 31. The Balaban J connectivity index is 0.000000219. The number of amides is 2. The molecule has 2 amide bonds. The summed E-state index contributed by atoms with van der Waals surface area (Å²) >= 11 is 35.6. The standard InChI is InChI=1S/C31H38ClNO10.C26H30ClNO8.C18H20ClNO3.C15H20Cl3NO8.ClH/c1-8-23-26(38-16(2)34)27(39-17(3)35)28(40-18(4)36)29(41-23)42-24-13-22-25(21-12-10-9-11-20(21)24)19(14-32)15-33(22)30(37)43-31(5,6)7;1-5-20-23(32-13(2)29)24(33-14(3)30)25(34-15(4)31)26(35-20)36-21-10-19-22(16(11-27)12-28-19)18-9-7-6-8-17(18)21;1-18(2,3)23-17(22)20-10-11(9-19)16-13-7-5-4-6-12(13)15(21)8-14(16)20;1-6-10(5-23-7(2)20)26-13(27-14(19)15(16,17)18)12(25-9(4)22)11(6)24-8(3)21;/h9-13,19,23,26-29H,8,14-15H2,1-7H3;6-10,16,20,23-26,28H,5,11-12H2,1-4H3;4-8,11,21H,9-10H2,1-3H3;6,10-13,19H,5H2,1-4H3;1H/t19-,23-,26+,27-,28-,29+;16-,20-,23+,24-,25-,26+;11-;6-,10+,11-,12+,13+;/m1110./s1. The van der Waals surface area contributed by atoms with Crippen LogP contribution in [0, 0.1) is 11.3 Å². The average molecular weight is 1960 g/mol. The molecule has 18 atom stereocenters. The normalized spacial score (nSPS) is 24.7. The summed E-state index contributed by atoms with van der Waals surface area (Å²) in [5, 5.41) is 26.4. The Kier molecular flexibility index (Phi) is 37.2. The maximum atomic E-state index is 13.3. The quantitative estimate of drug-likeness (QED) is 0.0210. The van der Waals surface area contributed by atoms with Crippen LogP contribution in [0.5, 0.6) is 17.2 Å². The van der Waals surface area contributed by atoms with Crippen LogP contribution in [-0.4, -0.2) is 222 Å². The van der Waals surface area contributed by atoms with E-state index in [0.29, 0.717) is 72.5 Å². The molecule has 3 saturated heterocycles. The molecule has 12 rings (SSSR count). The fourth-order valence-electron chi connectivity index (χ4n) is 15.9. The molecular weight excluding hydrogens is 1850 g/mol. The van der Waals surface area contributed by atoms with Gasteiger partial charge in [-0.05, 0) is 87.2 Å². The van der Waals surface area contributed by atoms with Crippen LogP contribution < -0.4 is 24.6 Å². The zero-order chi connectivity index (χ0) is 95.3. The minimum atomic E-state index is -2.20. The van der Waals surface area contributed by atoms with Crippen LogP contribution in [0.1, 0.15) is 172 Å². The third kappa shape index (κ3) is 26.7. The molecule has 33 nitrogen and oxygen atoms in total. The number of carbonyl (C=O) groups is 11. The maximum Gasteiger partial charge on any atom is 0.414 e. The average Bonchev–Trinajstić information content (AvgIpc) is 1.58. The predicted octanol–water partition coefficient (Wildman–Crippen LogP) is 16.3. The number of halogens is 7. The van der Waals surface area contributed by atoms with Gasteiger partial charge in [0.2, 0.25) is 43.1 Å². The summed E-state index contributed by atoms with van der Waals surface area (Å²) in [6, 6.07) is 28.1. The van der Waals surface area contributed by atoms with Crippen molar-refractivity contribution in [3.8, 4) is 17.2 Å². The van der Waals surface area contributed by atoms with Crippen LogP contribution in [-0.2, 0) is 114 Å². The van der Waals surface area contributed by atoms with Gasteiger partial charge in [-0.2, -0.15) is 0 Å². The van der Waals surface area contributed by atoms with Crippen molar-refractivity contribution in [1.82, 2.24) is 0 Å². The lowest BCUT2D eigenvalue weighted by Crippen LogP contribution is -2.62. The van der Waals surface area contributed by atoms with Crippen LogP contribution in [0.25, 0.3) is 32.3 Å². The molecule has 6 aliphatic rings. The summed E-state index contributed by atoms with van der Waals surface area (Å²) in [6.07, 6.45) is -15.4. The fraction of sp³-hybridized carbons (Fsp3) is 0.533. The Morgan fingerprint density at radius 3 is 1.15 bits per heavy atom. The smallest absolute Gasteiger partial charge is 0.414 e. The third-order valence-electron chi connectivity index (χ3n) is 20.9. The predicted molar refractivity (Wildman–Crippen MR) is 484 cm³/mol. The zero-order valence-corrected chi connectivity index (χ0v) is 80.2. The number of benzene rings is 6. The van der Waals surface area contributed by atoms with E-state index in [-0.39, 0.29) is 48.4 Å². The Labute approximate surface area is 788 Å². The van der Waals surface area contributed by atoms with Crippen molar-refractivity contribution in [2.45, 2.75) is 256 Å². The van der Waals surface area contributed by atoms with E-state index in [1.54, 1.807) is 44.7 Å². The van der Waals surface area contributed by atoms with E-state index in [2.05, 4.69) is 5.32 Å². The maximum absolute atomic E-state index is 13.3. The Morgan fingerprint density at radius 1 is 0.438 bits per heavy atom. The number of esters is 9. The van der Waals surface area contributed by atoms with Crippen molar-refractivity contribution < 1.29 is 138 Å². The lowest BCUT2D eigenvalue weighted by atomic mass is 9.90. The van der Waals surface area contributed by atoms with Crippen molar-refractivity contribution in [3.05, 3.63) is 108 Å². The van der Waals surface area contributed by atoms with Gasteiger partial charge in [0.25, 0.3) is 3.79 Å². The number of alkyl halides is 6. The minimum absolute atomic E-state index is 0. The first kappa shape index (κ1) is 106. The summed E-state index contributed by atoms with van der Waals surface area (Å²) in [5.74, 6) is -4.92. The molecule has 0 unspecified atom stereocenters. The molecule has 0 bridgehead atoms. The number of ether oxygens (including phenoxy) is 17. The summed E-state index contributed by atoms with van der Waals surface area (Å²) in [6.45, 7) is 28.3. The number of carbonyl (C=O) groups excluding carboxylic acids is 11. The van der Waals surface area contributed by atoms with Crippen molar-refractivity contribution in [1.29, 1.82) is 5.41 Å². The van der Waals surface area contributed by atoms with Gasteiger partial charge in [0, 0.05) is 163 Å². The second-order valence-corrected chi connectivity index (χ2v) is 36.3. The molecule has 130 heavy (non-hydrogen) atoms. The molecule has 0 spiro atoms. The highest BCUT2D eigenvalue weighted by molar-refractivity contribution is 6.76. The van der Waals surface area contributed by atoms with Gasteiger partial charge in [-0.3, -0.25) is 58.4 Å². The van der Waals surface area contributed by atoms with Gasteiger partial charge in [0.1, 0.15) is 59.5 Å². The largest absolute Gasteiger partial charge is 0.507 e. The second kappa shape index (κ2) is 45.7. The van der Waals surface area contributed by atoms with E-state index in [4.69, 9.17) is 156 Å². The molecule has 0 saturated carbocycles. The first-order valence-electron chi connectivity index (χ1n) is 41.5. The first-order chi connectivity index (χ1) is 60.6. The highest BCUT2D eigenvalue weighted by atomic mass is 35.6. The molecular formula is C90H109Cl7N4O29. The summed E-state index contributed by atoms with van der Waals surface area (Å²) in [5.41, 5.74) is 3.84. The van der Waals surface area contributed by atoms with Crippen LogP contribution in [0.15, 0.2) is 91.0 Å². The highest BCUT2D eigenvalue weighted by Crippen LogP contribution is 2.50. The molecule has 0 aliphatic carbocycles. The minimum Gasteiger partial charge on any atom is -0.507 e. The molecule has 3 fully saturated rings. The van der Waals surface area contributed by atoms with Crippen molar-refractivity contribution in [3.63, 3.8) is 0 Å². The first-order valence-corrected chi connectivity index (χ1v) is 44.3. The lowest BCUT2D eigenvalue weighted by Gasteiger charge is -2.44. The van der Waals surface area contributed by atoms with Crippen molar-refractivity contribution in [2.24, 2.45) is 5.92 Å². The van der Waals surface area contributed by atoms with E-state index in [1.807, 2.05) is 113 Å². The summed E-state index contributed by atoms with van der Waals surface area (Å²) in [4.78, 5) is 135. The fourth-order valence-corrected chi connectivity index (χ4v) is 16.8. The molecule has 712 valence electrons. The van der Waals surface area contributed by atoms with Gasteiger partial charge < -0.3 is 90.9 Å². The van der Waals surface area contributed by atoms with E-state index >= 15 is 0 Å². The number of phenolic OH excluding ortho intramolecular Hbond substituents is 1. The molecule has 6 aromatic carbocycles. The Hall–Kier alpha value is -9.55. The molecule has 40 heteroatoms. The number of phenols is 1. The molecule has 3 N–H and O–H groups in total. The molecule has 6 aromatic rings. The van der Waals surface area contributed by atoms with Gasteiger partial charge >= 0.3 is 65.9 Å². The number of hydrogen-bond donors (Lipinski definition) is 3. The Bertz CT molecular complexity index is 5120. The lowest BCUT2D eigenvalue weighted by molar-refractivity contribution is -0.283. The number of nitrogens with one attached hydrogen (secondary N) is 2. The summed E-state index contributed by atoms with van der Waals surface area (Å²) < 4.78 is 93.7. The zero-order valence-electron chi connectivity index (χ0n) is 74.9. The summed E-state index contributed by atoms with van der Waals surface area (Å²) in [7, 11) is 0. The van der Waals surface area contributed by atoms with E-state index in [0.717, 1.165) is 56.2 Å². The number of fused-ring (bicyclic) bond motifs is 9. The molecule has 0 radical (unpaired) electrons. The molecule has 6 heterocycles. The van der Waals surface area contributed by atoms with E-state index in [1.165, 1.54) is 60.3 Å². The van der Waals surface area contributed by atoms with Crippen LogP contribution in [0.4, 0.5) is 26.7 Å². The second-order valence-electron chi connectivity index (χ2n) is 33.1. The number of anilines is 3. The van der Waals surface area contributed by atoms with Gasteiger partial charge in [0.15, 0.2) is 24.4 Å². The molecule has 6 aliphatic heterocycles.